The Bertz CT molecular complexity index is 616. The van der Waals surface area contributed by atoms with Crippen LogP contribution < -0.4 is 5.73 Å². The minimum absolute atomic E-state index is 0.282. The molecular formula is C19H22BrN. The van der Waals surface area contributed by atoms with Gasteiger partial charge in [-0.15, -0.1) is 0 Å². The number of hydrogen-bond donors (Lipinski definition) is 1. The van der Waals surface area contributed by atoms with E-state index >= 15 is 0 Å². The first-order valence-electron chi connectivity index (χ1n) is 7.69. The van der Waals surface area contributed by atoms with Crippen LogP contribution in [0, 0.1) is 0 Å². The molecule has 1 aliphatic rings. The van der Waals surface area contributed by atoms with Crippen molar-refractivity contribution in [2.24, 2.45) is 5.73 Å². The van der Waals surface area contributed by atoms with Crippen LogP contribution in [0.2, 0.25) is 0 Å². The Labute approximate surface area is 135 Å². The van der Waals surface area contributed by atoms with E-state index < -0.39 is 0 Å². The summed E-state index contributed by atoms with van der Waals surface area (Å²) < 4.78 is 1.10. The van der Waals surface area contributed by atoms with Crippen molar-refractivity contribution in [2.75, 3.05) is 0 Å². The molecule has 21 heavy (non-hydrogen) atoms. The third-order valence-corrected chi connectivity index (χ3v) is 5.20. The summed E-state index contributed by atoms with van der Waals surface area (Å²) in [5.41, 5.74) is 10.6. The van der Waals surface area contributed by atoms with Gasteiger partial charge in [0, 0.05) is 10.0 Å². The van der Waals surface area contributed by atoms with E-state index in [9.17, 15) is 0 Å². The van der Waals surface area contributed by atoms with Gasteiger partial charge in [0.15, 0.2) is 0 Å². The average molecular weight is 344 g/mol. The lowest BCUT2D eigenvalue weighted by molar-refractivity contribution is 0.376. The third kappa shape index (κ3) is 3.22. The SMILES string of the molecule is CC(N)(CC1CCCc2ccccc21)c1ccc(Br)cc1. The Morgan fingerprint density at radius 1 is 1.14 bits per heavy atom. The molecule has 2 aromatic carbocycles. The Morgan fingerprint density at radius 2 is 1.86 bits per heavy atom. The van der Waals surface area contributed by atoms with Crippen molar-refractivity contribution in [3.63, 3.8) is 0 Å². The van der Waals surface area contributed by atoms with Crippen molar-refractivity contribution < 1.29 is 0 Å². The molecule has 2 heteroatoms. The Balaban J connectivity index is 1.84. The van der Waals surface area contributed by atoms with Crippen LogP contribution in [0.1, 0.15) is 48.8 Å². The number of rotatable bonds is 3. The third-order valence-electron chi connectivity index (χ3n) is 4.67. The summed E-state index contributed by atoms with van der Waals surface area (Å²) >= 11 is 3.49. The first-order chi connectivity index (χ1) is 10.1. The van der Waals surface area contributed by atoms with Crippen LogP contribution >= 0.6 is 15.9 Å². The van der Waals surface area contributed by atoms with Gasteiger partial charge in [0.2, 0.25) is 0 Å². The summed E-state index contributed by atoms with van der Waals surface area (Å²) in [6.07, 6.45) is 4.75. The van der Waals surface area contributed by atoms with Crippen molar-refractivity contribution in [2.45, 2.75) is 44.1 Å². The molecular weight excluding hydrogens is 322 g/mol. The van der Waals surface area contributed by atoms with E-state index in [1.165, 1.54) is 36.0 Å². The van der Waals surface area contributed by atoms with Gasteiger partial charge in [-0.3, -0.25) is 0 Å². The minimum Gasteiger partial charge on any atom is -0.322 e. The lowest BCUT2D eigenvalue weighted by Crippen LogP contribution is -2.35. The van der Waals surface area contributed by atoms with Gasteiger partial charge in [0.25, 0.3) is 0 Å². The normalized spacial score (nSPS) is 20.6. The molecule has 0 fully saturated rings. The quantitative estimate of drug-likeness (QED) is 0.820. The summed E-state index contributed by atoms with van der Waals surface area (Å²) in [5.74, 6) is 0.577. The molecule has 1 aliphatic carbocycles. The second-order valence-electron chi connectivity index (χ2n) is 6.42. The van der Waals surface area contributed by atoms with Gasteiger partial charge >= 0.3 is 0 Å². The standard InChI is InChI=1S/C19H22BrN/c1-19(21,16-9-11-17(20)12-10-16)13-15-7-4-6-14-5-2-3-8-18(14)15/h2-3,5,8-12,15H,4,6-7,13,21H2,1H3. The molecule has 1 nitrogen and oxygen atoms in total. The van der Waals surface area contributed by atoms with E-state index in [-0.39, 0.29) is 5.54 Å². The van der Waals surface area contributed by atoms with E-state index in [4.69, 9.17) is 5.73 Å². The number of fused-ring (bicyclic) bond motifs is 1. The maximum absolute atomic E-state index is 6.66. The van der Waals surface area contributed by atoms with Crippen LogP contribution in [0.3, 0.4) is 0 Å². The predicted octanol–water partition coefficient (Wildman–Crippen LogP) is 5.13. The molecule has 0 spiro atoms. The second-order valence-corrected chi connectivity index (χ2v) is 7.33. The minimum atomic E-state index is -0.282. The zero-order valence-electron chi connectivity index (χ0n) is 12.5. The van der Waals surface area contributed by atoms with E-state index in [2.05, 4.69) is 71.4 Å². The number of aryl methyl sites for hydroxylation is 1. The van der Waals surface area contributed by atoms with Crippen LogP contribution in [0.25, 0.3) is 0 Å². The zero-order valence-corrected chi connectivity index (χ0v) is 14.1. The molecule has 0 radical (unpaired) electrons. The Hall–Kier alpha value is -1.12. The molecule has 110 valence electrons. The van der Waals surface area contributed by atoms with Crippen LogP contribution in [0.15, 0.2) is 53.0 Å². The van der Waals surface area contributed by atoms with Gasteiger partial charge in [-0.1, -0.05) is 52.3 Å². The van der Waals surface area contributed by atoms with E-state index in [0.717, 1.165) is 10.9 Å². The molecule has 3 rings (SSSR count). The number of halogens is 1. The molecule has 0 amide bonds. The molecule has 0 saturated heterocycles. The van der Waals surface area contributed by atoms with Crippen molar-refractivity contribution in [3.8, 4) is 0 Å². The Kier molecular flexibility index (Phi) is 4.19. The highest BCUT2D eigenvalue weighted by molar-refractivity contribution is 9.10. The van der Waals surface area contributed by atoms with Crippen LogP contribution in [-0.2, 0) is 12.0 Å². The summed E-state index contributed by atoms with van der Waals surface area (Å²) in [7, 11) is 0. The fraction of sp³-hybridized carbons (Fsp3) is 0.368. The largest absolute Gasteiger partial charge is 0.322 e. The predicted molar refractivity (Wildman–Crippen MR) is 92.4 cm³/mol. The summed E-state index contributed by atoms with van der Waals surface area (Å²) in [5, 5.41) is 0. The van der Waals surface area contributed by atoms with Gasteiger partial charge in [0.1, 0.15) is 0 Å². The first-order valence-corrected chi connectivity index (χ1v) is 8.48. The summed E-state index contributed by atoms with van der Waals surface area (Å²) in [6, 6.07) is 17.3. The molecule has 0 aliphatic heterocycles. The fourth-order valence-corrected chi connectivity index (χ4v) is 3.79. The smallest absolute Gasteiger partial charge is 0.0386 e. The maximum Gasteiger partial charge on any atom is 0.0386 e. The molecule has 2 N–H and O–H groups in total. The van der Waals surface area contributed by atoms with Crippen molar-refractivity contribution >= 4 is 15.9 Å². The number of benzene rings is 2. The van der Waals surface area contributed by atoms with E-state index in [0.29, 0.717) is 5.92 Å². The van der Waals surface area contributed by atoms with Gasteiger partial charge in [-0.2, -0.15) is 0 Å². The number of nitrogens with two attached hydrogens (primary N) is 1. The van der Waals surface area contributed by atoms with Gasteiger partial charge < -0.3 is 5.73 Å². The highest BCUT2D eigenvalue weighted by Gasteiger charge is 2.29. The van der Waals surface area contributed by atoms with Gasteiger partial charge in [0.05, 0.1) is 0 Å². The molecule has 2 aromatic rings. The topological polar surface area (TPSA) is 26.0 Å². The van der Waals surface area contributed by atoms with Crippen molar-refractivity contribution in [1.82, 2.24) is 0 Å². The monoisotopic (exact) mass is 343 g/mol. The summed E-state index contributed by atoms with van der Waals surface area (Å²) in [4.78, 5) is 0. The molecule has 0 aromatic heterocycles. The lowest BCUT2D eigenvalue weighted by atomic mass is 9.74. The Morgan fingerprint density at radius 3 is 2.62 bits per heavy atom. The first kappa shape index (κ1) is 14.8. The lowest BCUT2D eigenvalue weighted by Gasteiger charge is -2.33. The highest BCUT2D eigenvalue weighted by Crippen LogP contribution is 2.39. The van der Waals surface area contributed by atoms with E-state index in [1.54, 1.807) is 0 Å². The van der Waals surface area contributed by atoms with Gasteiger partial charge in [-0.05, 0) is 67.3 Å². The molecule has 0 heterocycles. The average Bonchev–Trinajstić information content (AvgIpc) is 2.48. The van der Waals surface area contributed by atoms with Crippen molar-refractivity contribution in [1.29, 1.82) is 0 Å². The maximum atomic E-state index is 6.66. The van der Waals surface area contributed by atoms with Gasteiger partial charge in [-0.25, -0.2) is 0 Å². The number of hydrogen-bond acceptors (Lipinski definition) is 1. The molecule has 2 atom stereocenters. The zero-order chi connectivity index (χ0) is 14.9. The molecule has 0 saturated carbocycles. The van der Waals surface area contributed by atoms with Crippen LogP contribution in [-0.4, -0.2) is 0 Å². The second kappa shape index (κ2) is 5.94. The molecule has 0 bridgehead atoms. The fourth-order valence-electron chi connectivity index (χ4n) is 3.53. The highest BCUT2D eigenvalue weighted by atomic mass is 79.9. The van der Waals surface area contributed by atoms with Crippen molar-refractivity contribution in [3.05, 3.63) is 69.7 Å². The van der Waals surface area contributed by atoms with Crippen LogP contribution in [0.5, 0.6) is 0 Å². The van der Waals surface area contributed by atoms with E-state index in [1.807, 2.05) is 0 Å². The van der Waals surface area contributed by atoms with Crippen LogP contribution in [0.4, 0.5) is 0 Å². The summed E-state index contributed by atoms with van der Waals surface area (Å²) in [6.45, 7) is 2.16. The molecule has 2 unspecified atom stereocenters.